The van der Waals surface area contributed by atoms with Crippen molar-refractivity contribution in [1.29, 1.82) is 0 Å². The van der Waals surface area contributed by atoms with Crippen LogP contribution in [0.15, 0.2) is 42.6 Å². The van der Waals surface area contributed by atoms with Crippen LogP contribution in [0.3, 0.4) is 0 Å². The number of fused-ring (bicyclic) bond motifs is 1. The van der Waals surface area contributed by atoms with Crippen molar-refractivity contribution in [3.05, 3.63) is 59.3 Å². The zero-order valence-electron chi connectivity index (χ0n) is 21.3. The highest BCUT2D eigenvalue weighted by Gasteiger charge is 2.43. The molecule has 2 aliphatic rings. The second-order valence-corrected chi connectivity index (χ2v) is 11.1. The first kappa shape index (κ1) is 27.7. The summed E-state index contributed by atoms with van der Waals surface area (Å²) in [4.78, 5) is 0. The zero-order chi connectivity index (χ0) is 28.4. The molecule has 0 spiro atoms. The summed E-state index contributed by atoms with van der Waals surface area (Å²) in [5.74, 6) is -0.0203. The topological polar surface area (TPSA) is 79.5 Å². The number of benzene rings is 2. The van der Waals surface area contributed by atoms with Crippen molar-refractivity contribution in [2.24, 2.45) is 0 Å². The molecule has 6 nitrogen and oxygen atoms in total. The number of hydrogen-bond donors (Lipinski definition) is 3. The molecule has 5 rings (SSSR count). The van der Waals surface area contributed by atoms with Gasteiger partial charge in [0, 0.05) is 17.5 Å². The van der Waals surface area contributed by atoms with Gasteiger partial charge in [0.25, 0.3) is 0 Å². The van der Waals surface area contributed by atoms with Gasteiger partial charge in [0.1, 0.15) is 12.4 Å². The average Bonchev–Trinajstić information content (AvgIpc) is 3.22. The standard InChI is InChI=1S/C27H29F6N3O3/c1-15-9-25(38,17-3-5-18(6-4-17)26(28,29)30)10-19(35-15)14-39-21-7-16-13-34-36(20-11-24(2,37)12-20)23(16)22(8-21)27(31,32)33/h3-8,13,15,19-20,35,37-38H,9-12,14H2,1-2H3. The Labute approximate surface area is 220 Å². The average molecular weight is 558 g/mol. The van der Waals surface area contributed by atoms with Crippen LogP contribution in [-0.4, -0.2) is 44.3 Å². The largest absolute Gasteiger partial charge is 0.492 e. The van der Waals surface area contributed by atoms with Crippen molar-refractivity contribution in [2.45, 2.75) is 81.2 Å². The highest BCUT2D eigenvalue weighted by atomic mass is 19.4. The molecule has 3 atom stereocenters. The van der Waals surface area contributed by atoms with Gasteiger partial charge in [0.05, 0.1) is 40.1 Å². The Hall–Kier alpha value is -2.83. The predicted octanol–water partition coefficient (Wildman–Crippen LogP) is 5.57. The molecule has 39 heavy (non-hydrogen) atoms. The van der Waals surface area contributed by atoms with Crippen molar-refractivity contribution in [3.8, 4) is 5.75 Å². The first-order chi connectivity index (χ1) is 18.0. The highest BCUT2D eigenvalue weighted by molar-refractivity contribution is 5.84. The first-order valence-corrected chi connectivity index (χ1v) is 12.6. The van der Waals surface area contributed by atoms with E-state index in [4.69, 9.17) is 4.74 Å². The van der Waals surface area contributed by atoms with Crippen LogP contribution in [0.5, 0.6) is 5.75 Å². The van der Waals surface area contributed by atoms with Gasteiger partial charge in [-0.25, -0.2) is 0 Å². The van der Waals surface area contributed by atoms with Crippen molar-refractivity contribution in [1.82, 2.24) is 15.1 Å². The van der Waals surface area contributed by atoms with E-state index >= 15 is 0 Å². The van der Waals surface area contributed by atoms with Crippen molar-refractivity contribution in [2.75, 3.05) is 6.61 Å². The van der Waals surface area contributed by atoms with E-state index in [1.807, 2.05) is 0 Å². The van der Waals surface area contributed by atoms with E-state index < -0.39 is 40.7 Å². The van der Waals surface area contributed by atoms with E-state index in [-0.39, 0.29) is 48.2 Å². The van der Waals surface area contributed by atoms with Crippen molar-refractivity contribution >= 4 is 10.9 Å². The van der Waals surface area contributed by atoms with Gasteiger partial charge < -0.3 is 20.3 Å². The third-order valence-corrected chi connectivity index (χ3v) is 7.61. The summed E-state index contributed by atoms with van der Waals surface area (Å²) in [5.41, 5.74) is -3.83. The number of aliphatic hydroxyl groups is 2. The van der Waals surface area contributed by atoms with Gasteiger partial charge in [-0.15, -0.1) is 0 Å². The monoisotopic (exact) mass is 557 g/mol. The molecule has 1 saturated carbocycles. The summed E-state index contributed by atoms with van der Waals surface area (Å²) >= 11 is 0. The minimum absolute atomic E-state index is 0.0203. The Kier molecular flexibility index (Phi) is 6.67. The molecule has 0 radical (unpaired) electrons. The maximum Gasteiger partial charge on any atom is 0.418 e. The smallest absolute Gasteiger partial charge is 0.418 e. The maximum atomic E-state index is 14.1. The Morgan fingerprint density at radius 2 is 1.67 bits per heavy atom. The molecule has 3 aromatic rings. The van der Waals surface area contributed by atoms with Crippen LogP contribution in [0, 0.1) is 0 Å². The summed E-state index contributed by atoms with van der Waals surface area (Å²) in [6, 6.07) is 5.68. The molecule has 3 unspecified atom stereocenters. The van der Waals surface area contributed by atoms with E-state index in [0.717, 1.165) is 18.2 Å². The zero-order valence-corrected chi connectivity index (χ0v) is 21.3. The molecular formula is C27H29F6N3O3. The number of nitrogens with one attached hydrogen (secondary N) is 1. The molecule has 1 aromatic heterocycles. The SMILES string of the molecule is CC1CC(O)(c2ccc(C(F)(F)F)cc2)CC(COc2cc(C(F)(F)F)c3c(cnn3C3CC(C)(O)C3)c2)N1. The molecule has 2 aromatic carbocycles. The molecule has 1 aliphatic heterocycles. The first-order valence-electron chi connectivity index (χ1n) is 12.6. The lowest BCUT2D eigenvalue weighted by molar-refractivity contribution is -0.138. The van der Waals surface area contributed by atoms with E-state index in [1.165, 1.54) is 29.1 Å². The van der Waals surface area contributed by atoms with E-state index in [9.17, 15) is 36.6 Å². The van der Waals surface area contributed by atoms with Gasteiger partial charge in [-0.2, -0.15) is 31.4 Å². The molecule has 0 bridgehead atoms. The second-order valence-electron chi connectivity index (χ2n) is 11.1. The number of ether oxygens (including phenoxy) is 1. The van der Waals surface area contributed by atoms with Gasteiger partial charge in [-0.1, -0.05) is 12.1 Å². The van der Waals surface area contributed by atoms with E-state index in [1.54, 1.807) is 13.8 Å². The summed E-state index contributed by atoms with van der Waals surface area (Å²) < 4.78 is 88.2. The molecule has 0 amide bonds. The minimum atomic E-state index is -4.68. The van der Waals surface area contributed by atoms with Crippen LogP contribution in [0.1, 0.15) is 62.3 Å². The quantitative estimate of drug-likeness (QED) is 0.358. The fourth-order valence-electron chi connectivity index (χ4n) is 5.90. The lowest BCUT2D eigenvalue weighted by Crippen LogP contribution is -2.53. The van der Waals surface area contributed by atoms with Crippen LogP contribution in [-0.2, 0) is 18.0 Å². The number of piperidine rings is 1. The number of hydrogen-bond acceptors (Lipinski definition) is 5. The molecule has 2 fully saturated rings. The van der Waals surface area contributed by atoms with Crippen LogP contribution in [0.2, 0.25) is 0 Å². The van der Waals surface area contributed by atoms with Crippen molar-refractivity contribution in [3.63, 3.8) is 0 Å². The third-order valence-electron chi connectivity index (χ3n) is 7.61. The number of halogens is 6. The number of aromatic nitrogens is 2. The lowest BCUT2D eigenvalue weighted by atomic mass is 9.77. The molecule has 3 N–H and O–H groups in total. The molecule has 1 saturated heterocycles. The van der Waals surface area contributed by atoms with Crippen LogP contribution in [0.25, 0.3) is 10.9 Å². The molecule has 1 aliphatic carbocycles. The molecule has 212 valence electrons. The Balaban J connectivity index is 1.35. The minimum Gasteiger partial charge on any atom is -0.492 e. The summed E-state index contributed by atoms with van der Waals surface area (Å²) in [7, 11) is 0. The lowest BCUT2D eigenvalue weighted by Gasteiger charge is -2.41. The Morgan fingerprint density at radius 1 is 1.00 bits per heavy atom. The van der Waals surface area contributed by atoms with Gasteiger partial charge in [0.15, 0.2) is 0 Å². The Bertz CT molecular complexity index is 1340. The van der Waals surface area contributed by atoms with Crippen molar-refractivity contribution < 1.29 is 41.3 Å². The normalized spacial score (nSPS) is 29.8. The van der Waals surface area contributed by atoms with Crippen LogP contribution in [0.4, 0.5) is 26.3 Å². The summed E-state index contributed by atoms with van der Waals surface area (Å²) in [5, 5.41) is 29.0. The Morgan fingerprint density at radius 3 is 2.26 bits per heavy atom. The predicted molar refractivity (Wildman–Crippen MR) is 130 cm³/mol. The van der Waals surface area contributed by atoms with Crippen LogP contribution < -0.4 is 10.1 Å². The second kappa shape index (κ2) is 9.38. The summed E-state index contributed by atoms with van der Waals surface area (Å²) in [6.07, 6.45) is -6.90. The maximum absolute atomic E-state index is 14.1. The summed E-state index contributed by atoms with van der Waals surface area (Å²) in [6.45, 7) is 3.36. The highest BCUT2D eigenvalue weighted by Crippen LogP contribution is 2.45. The van der Waals surface area contributed by atoms with Gasteiger partial charge in [-0.3, -0.25) is 4.68 Å². The fourth-order valence-corrected chi connectivity index (χ4v) is 5.90. The molecule has 2 heterocycles. The van der Waals surface area contributed by atoms with Gasteiger partial charge in [-0.05, 0) is 69.4 Å². The fraction of sp³-hybridized carbons (Fsp3) is 0.519. The van der Waals surface area contributed by atoms with Gasteiger partial charge >= 0.3 is 12.4 Å². The van der Waals surface area contributed by atoms with Gasteiger partial charge in [0.2, 0.25) is 0 Å². The van der Waals surface area contributed by atoms with E-state index in [2.05, 4.69) is 10.4 Å². The van der Waals surface area contributed by atoms with E-state index in [0.29, 0.717) is 18.4 Å². The van der Waals surface area contributed by atoms with Crippen LogP contribution >= 0.6 is 0 Å². The number of alkyl halides is 6. The third kappa shape index (κ3) is 5.59. The number of nitrogens with zero attached hydrogens (tertiary/aromatic N) is 2. The molecule has 12 heteroatoms. The molecular weight excluding hydrogens is 528 g/mol. The number of rotatable bonds is 5.